The molecule has 0 unspecified atom stereocenters. The van der Waals surface area contributed by atoms with E-state index in [2.05, 4.69) is 39.4 Å². The van der Waals surface area contributed by atoms with E-state index in [1.807, 2.05) is 18.2 Å². The quantitative estimate of drug-likeness (QED) is 0.654. The van der Waals surface area contributed by atoms with Gasteiger partial charge in [-0.3, -0.25) is 4.40 Å². The maximum atomic E-state index is 13.4. The van der Waals surface area contributed by atoms with Crippen molar-refractivity contribution in [3.8, 4) is 0 Å². The van der Waals surface area contributed by atoms with Gasteiger partial charge in [-0.05, 0) is 43.2 Å². The van der Waals surface area contributed by atoms with Crippen molar-refractivity contribution in [1.82, 2.24) is 14.6 Å². The molecule has 1 saturated heterocycles. The van der Waals surface area contributed by atoms with E-state index in [9.17, 15) is 13.2 Å². The van der Waals surface area contributed by atoms with Crippen LogP contribution < -0.4 is 4.90 Å². The number of nitrogens with zero attached hydrogens (tertiary/aromatic N) is 4. The molecule has 0 bridgehead atoms. The number of benzene rings is 1. The average molecular weight is 386 g/mol. The van der Waals surface area contributed by atoms with Gasteiger partial charge in [-0.15, -0.1) is 10.2 Å². The minimum Gasteiger partial charge on any atom is -0.371 e. The van der Waals surface area contributed by atoms with E-state index in [0.717, 1.165) is 31.6 Å². The summed E-state index contributed by atoms with van der Waals surface area (Å²) < 4.78 is 41.8. The van der Waals surface area contributed by atoms with Gasteiger partial charge in [-0.25, -0.2) is 0 Å². The topological polar surface area (TPSA) is 33.4 Å². The summed E-state index contributed by atoms with van der Waals surface area (Å²) in [4.78, 5) is 2.28. The van der Waals surface area contributed by atoms with E-state index in [-0.39, 0.29) is 18.7 Å². The maximum Gasteiger partial charge on any atom is 0.401 e. The molecule has 1 aliphatic heterocycles. The summed E-state index contributed by atoms with van der Waals surface area (Å²) in [5.74, 6) is 0.576. The Balaban J connectivity index is 1.36. The van der Waals surface area contributed by atoms with Crippen LogP contribution in [0.3, 0.4) is 0 Å². The maximum absolute atomic E-state index is 13.4. The van der Waals surface area contributed by atoms with E-state index in [1.54, 1.807) is 6.20 Å². The molecule has 2 aliphatic rings. The number of pyridine rings is 1. The van der Waals surface area contributed by atoms with Crippen LogP contribution in [0.2, 0.25) is 0 Å². The SMILES string of the molecule is FC(F)(F)C1(c2nnc3cc(N4CCC(c5ccccc5)CC4)ccn23)CC1. The first-order valence-electron chi connectivity index (χ1n) is 9.70. The van der Waals surface area contributed by atoms with Crippen LogP contribution in [0.1, 0.15) is 43.0 Å². The van der Waals surface area contributed by atoms with Crippen LogP contribution in [-0.2, 0) is 5.41 Å². The molecule has 3 aromatic rings. The van der Waals surface area contributed by atoms with Gasteiger partial charge in [0, 0.05) is 31.0 Å². The lowest BCUT2D eigenvalue weighted by Crippen LogP contribution is -2.33. The Bertz CT molecular complexity index is 984. The molecule has 0 radical (unpaired) electrons. The summed E-state index contributed by atoms with van der Waals surface area (Å²) in [5.41, 5.74) is 1.03. The number of aromatic nitrogens is 3. The predicted octanol–water partition coefficient (Wildman–Crippen LogP) is 4.71. The Morgan fingerprint density at radius 2 is 1.68 bits per heavy atom. The second kappa shape index (κ2) is 6.22. The van der Waals surface area contributed by atoms with Gasteiger partial charge in [0.05, 0.1) is 0 Å². The Kier molecular flexibility index (Phi) is 3.89. The highest BCUT2D eigenvalue weighted by atomic mass is 19.4. The lowest BCUT2D eigenvalue weighted by Gasteiger charge is -2.33. The Morgan fingerprint density at radius 3 is 2.32 bits per heavy atom. The zero-order chi connectivity index (χ0) is 19.4. The first-order valence-corrected chi connectivity index (χ1v) is 9.70. The number of fused-ring (bicyclic) bond motifs is 1. The first kappa shape index (κ1) is 17.5. The van der Waals surface area contributed by atoms with E-state index in [0.29, 0.717) is 11.6 Å². The van der Waals surface area contributed by atoms with E-state index >= 15 is 0 Å². The van der Waals surface area contributed by atoms with Crippen molar-refractivity contribution >= 4 is 11.3 Å². The highest BCUT2D eigenvalue weighted by Gasteiger charge is 2.67. The van der Waals surface area contributed by atoms with Crippen molar-refractivity contribution in [2.45, 2.75) is 43.2 Å². The molecule has 4 nitrogen and oxygen atoms in total. The minimum absolute atomic E-state index is 0.0179. The molecule has 5 rings (SSSR count). The molecule has 7 heteroatoms. The summed E-state index contributed by atoms with van der Waals surface area (Å²) >= 11 is 0. The van der Waals surface area contributed by atoms with Crippen LogP contribution in [0.5, 0.6) is 0 Å². The van der Waals surface area contributed by atoms with Gasteiger partial charge in [0.25, 0.3) is 0 Å². The number of halogens is 3. The van der Waals surface area contributed by atoms with Gasteiger partial charge in [0.2, 0.25) is 0 Å². The summed E-state index contributed by atoms with van der Waals surface area (Å²) in [6, 6.07) is 14.3. The second-order valence-corrected chi connectivity index (χ2v) is 7.89. The van der Waals surface area contributed by atoms with Crippen LogP contribution in [0.4, 0.5) is 18.9 Å². The van der Waals surface area contributed by atoms with E-state index < -0.39 is 11.6 Å². The molecular weight excluding hydrogens is 365 g/mol. The van der Waals surface area contributed by atoms with Gasteiger partial charge in [-0.1, -0.05) is 30.3 Å². The van der Waals surface area contributed by atoms with Crippen molar-refractivity contribution < 1.29 is 13.2 Å². The minimum atomic E-state index is -4.28. The van der Waals surface area contributed by atoms with Crippen molar-refractivity contribution in [1.29, 1.82) is 0 Å². The molecule has 1 saturated carbocycles. The van der Waals surface area contributed by atoms with Crippen LogP contribution in [0.25, 0.3) is 5.65 Å². The fourth-order valence-corrected chi connectivity index (χ4v) is 4.36. The first-order chi connectivity index (χ1) is 13.5. The summed E-state index contributed by atoms with van der Waals surface area (Å²) in [6.45, 7) is 1.84. The average Bonchev–Trinajstić information content (AvgIpc) is 3.43. The molecule has 0 N–H and O–H groups in total. The highest BCUT2D eigenvalue weighted by Crippen LogP contribution is 2.58. The zero-order valence-corrected chi connectivity index (χ0v) is 15.4. The van der Waals surface area contributed by atoms with E-state index in [4.69, 9.17) is 0 Å². The standard InChI is InChI=1S/C21H21F3N4/c22-21(23,24)20(9-10-20)19-26-25-18-14-17(8-13-28(18)19)27-11-6-16(7-12-27)15-4-2-1-3-5-15/h1-5,8,13-14,16H,6-7,9-12H2. The van der Waals surface area contributed by atoms with Crippen LogP contribution in [0, 0.1) is 0 Å². The summed E-state index contributed by atoms with van der Waals surface area (Å²) in [5, 5.41) is 7.95. The predicted molar refractivity (Wildman–Crippen MR) is 101 cm³/mol. The smallest absolute Gasteiger partial charge is 0.371 e. The van der Waals surface area contributed by atoms with Gasteiger partial charge in [0.1, 0.15) is 5.41 Å². The Morgan fingerprint density at radius 1 is 0.964 bits per heavy atom. The summed E-state index contributed by atoms with van der Waals surface area (Å²) in [7, 11) is 0. The number of alkyl halides is 3. The molecule has 0 amide bonds. The molecule has 1 aromatic carbocycles. The summed E-state index contributed by atoms with van der Waals surface area (Å²) in [6.07, 6.45) is -0.296. The van der Waals surface area contributed by atoms with E-state index in [1.165, 1.54) is 9.96 Å². The molecular formula is C21H21F3N4. The third kappa shape index (κ3) is 2.75. The number of anilines is 1. The highest BCUT2D eigenvalue weighted by molar-refractivity contribution is 5.57. The normalized spacial score (nSPS) is 19.9. The lowest BCUT2D eigenvalue weighted by atomic mass is 9.89. The second-order valence-electron chi connectivity index (χ2n) is 7.89. The third-order valence-corrected chi connectivity index (χ3v) is 6.25. The van der Waals surface area contributed by atoms with Gasteiger partial charge in [0.15, 0.2) is 11.5 Å². The fraction of sp³-hybridized carbons (Fsp3) is 0.429. The number of hydrogen-bond acceptors (Lipinski definition) is 3. The molecule has 2 aromatic heterocycles. The molecule has 0 spiro atoms. The van der Waals surface area contributed by atoms with Crippen molar-refractivity contribution in [2.75, 3.05) is 18.0 Å². The Hall–Kier alpha value is -2.57. The lowest BCUT2D eigenvalue weighted by molar-refractivity contribution is -0.162. The molecule has 0 atom stereocenters. The number of hydrogen-bond donors (Lipinski definition) is 0. The third-order valence-electron chi connectivity index (χ3n) is 6.25. The van der Waals surface area contributed by atoms with Gasteiger partial charge in [-0.2, -0.15) is 13.2 Å². The monoisotopic (exact) mass is 386 g/mol. The molecule has 1 aliphatic carbocycles. The van der Waals surface area contributed by atoms with Crippen molar-refractivity contribution in [3.63, 3.8) is 0 Å². The van der Waals surface area contributed by atoms with Crippen LogP contribution in [-0.4, -0.2) is 33.9 Å². The molecule has 28 heavy (non-hydrogen) atoms. The number of piperidine rings is 1. The number of rotatable bonds is 3. The largest absolute Gasteiger partial charge is 0.401 e. The fourth-order valence-electron chi connectivity index (χ4n) is 4.36. The van der Waals surface area contributed by atoms with Crippen molar-refractivity contribution in [3.05, 3.63) is 60.0 Å². The Labute approximate surface area is 161 Å². The molecule has 146 valence electrons. The van der Waals surface area contributed by atoms with Gasteiger partial charge >= 0.3 is 6.18 Å². The van der Waals surface area contributed by atoms with Gasteiger partial charge < -0.3 is 4.90 Å². The van der Waals surface area contributed by atoms with Crippen molar-refractivity contribution in [2.24, 2.45) is 0 Å². The van der Waals surface area contributed by atoms with Crippen LogP contribution >= 0.6 is 0 Å². The molecule has 3 heterocycles. The van der Waals surface area contributed by atoms with Crippen LogP contribution in [0.15, 0.2) is 48.7 Å². The zero-order valence-electron chi connectivity index (χ0n) is 15.4. The molecule has 2 fully saturated rings.